The van der Waals surface area contributed by atoms with E-state index in [1.807, 2.05) is 6.92 Å². The van der Waals surface area contributed by atoms with Crippen LogP contribution in [0.3, 0.4) is 0 Å². The molecule has 13 heavy (non-hydrogen) atoms. The summed E-state index contributed by atoms with van der Waals surface area (Å²) >= 11 is 0. The second kappa shape index (κ2) is 6.52. The van der Waals surface area contributed by atoms with Crippen LogP contribution in [-0.4, -0.2) is 12.1 Å². The van der Waals surface area contributed by atoms with E-state index in [-0.39, 0.29) is 6.04 Å². The van der Waals surface area contributed by atoms with Gasteiger partial charge in [-0.2, -0.15) is 0 Å². The van der Waals surface area contributed by atoms with Crippen LogP contribution in [0.5, 0.6) is 0 Å². The fourth-order valence-corrected chi connectivity index (χ4v) is 0.971. The van der Waals surface area contributed by atoms with Crippen molar-refractivity contribution in [2.75, 3.05) is 0 Å². The number of unbranched alkanes of at least 4 members (excludes halogenated alkanes) is 1. The minimum Gasteiger partial charge on any atom is -0.416 e. The monoisotopic (exact) mass is 185 g/mol. The van der Waals surface area contributed by atoms with Crippen molar-refractivity contribution in [2.45, 2.75) is 46.1 Å². The number of rotatable bonds is 5. The summed E-state index contributed by atoms with van der Waals surface area (Å²) in [5.74, 6) is 0.417. The normalized spacial score (nSPS) is 11.9. The lowest BCUT2D eigenvalue weighted by Gasteiger charge is -2.12. The zero-order chi connectivity index (χ0) is 10.3. The molecule has 0 aromatic rings. The van der Waals surface area contributed by atoms with Crippen LogP contribution >= 0.6 is 0 Å². The molecule has 0 rings (SSSR count). The molecule has 0 saturated carbocycles. The van der Waals surface area contributed by atoms with Crippen LogP contribution in [-0.2, 0) is 4.74 Å². The van der Waals surface area contributed by atoms with Crippen molar-refractivity contribution in [2.24, 2.45) is 0 Å². The number of allylic oxidation sites excluding steroid dienone is 1. The van der Waals surface area contributed by atoms with Crippen molar-refractivity contribution < 1.29 is 9.53 Å². The first-order chi connectivity index (χ1) is 6.06. The lowest BCUT2D eigenvalue weighted by molar-refractivity contribution is 0.172. The fraction of sp³-hybridized carbons (Fsp3) is 0.700. The highest BCUT2D eigenvalue weighted by atomic mass is 16.6. The van der Waals surface area contributed by atoms with Gasteiger partial charge in [-0.3, -0.25) is 0 Å². The van der Waals surface area contributed by atoms with E-state index >= 15 is 0 Å². The summed E-state index contributed by atoms with van der Waals surface area (Å²) in [6, 6.07) is 0.173. The zero-order valence-electron chi connectivity index (χ0n) is 8.72. The maximum Gasteiger partial charge on any atom is 0.412 e. The molecule has 0 unspecified atom stereocenters. The summed E-state index contributed by atoms with van der Waals surface area (Å²) in [4.78, 5) is 11.0. The quantitative estimate of drug-likeness (QED) is 0.669. The van der Waals surface area contributed by atoms with Gasteiger partial charge in [0, 0.05) is 6.04 Å². The SMILES string of the molecule is C=C(C)OC(=O)N[C@@H](C)CCCC. The second-order valence-corrected chi connectivity index (χ2v) is 3.28. The van der Waals surface area contributed by atoms with Gasteiger partial charge in [-0.1, -0.05) is 26.3 Å². The molecule has 0 bridgehead atoms. The first kappa shape index (κ1) is 12.0. The fourth-order valence-electron chi connectivity index (χ4n) is 0.971. The van der Waals surface area contributed by atoms with Gasteiger partial charge in [0.1, 0.15) is 0 Å². The molecular weight excluding hydrogens is 166 g/mol. The van der Waals surface area contributed by atoms with Gasteiger partial charge in [0.2, 0.25) is 0 Å². The Kier molecular flexibility index (Phi) is 6.02. The van der Waals surface area contributed by atoms with Gasteiger partial charge < -0.3 is 10.1 Å². The third-order valence-electron chi connectivity index (χ3n) is 1.62. The topological polar surface area (TPSA) is 38.3 Å². The van der Waals surface area contributed by atoms with Gasteiger partial charge in [0.15, 0.2) is 0 Å². The minimum absolute atomic E-state index is 0.173. The maximum atomic E-state index is 11.0. The molecule has 0 aliphatic carbocycles. The van der Waals surface area contributed by atoms with E-state index in [1.54, 1.807) is 6.92 Å². The van der Waals surface area contributed by atoms with Crippen LogP contribution < -0.4 is 5.32 Å². The number of carbonyl (C=O) groups excluding carboxylic acids is 1. The molecule has 0 fully saturated rings. The maximum absolute atomic E-state index is 11.0. The first-order valence-electron chi connectivity index (χ1n) is 4.70. The lowest BCUT2D eigenvalue weighted by atomic mass is 10.1. The number of hydrogen-bond donors (Lipinski definition) is 1. The number of nitrogens with one attached hydrogen (secondary N) is 1. The van der Waals surface area contributed by atoms with Crippen LogP contribution in [0.25, 0.3) is 0 Å². The Morgan fingerprint density at radius 3 is 2.69 bits per heavy atom. The largest absolute Gasteiger partial charge is 0.416 e. The van der Waals surface area contributed by atoms with Gasteiger partial charge in [-0.25, -0.2) is 4.79 Å². The Labute approximate surface area is 80.2 Å². The molecule has 1 atom stereocenters. The highest BCUT2D eigenvalue weighted by Crippen LogP contribution is 2.00. The standard InChI is InChI=1S/C10H19NO2/c1-5-6-7-9(4)11-10(12)13-8(2)3/h9H,2,5-7H2,1,3-4H3,(H,11,12)/t9-/m0/s1. The van der Waals surface area contributed by atoms with Gasteiger partial charge in [0.25, 0.3) is 0 Å². The molecule has 1 N–H and O–H groups in total. The second-order valence-electron chi connectivity index (χ2n) is 3.28. The summed E-state index contributed by atoms with van der Waals surface area (Å²) < 4.78 is 4.76. The van der Waals surface area contributed by atoms with E-state index < -0.39 is 6.09 Å². The molecule has 76 valence electrons. The molecule has 0 aromatic heterocycles. The summed E-state index contributed by atoms with van der Waals surface area (Å²) in [7, 11) is 0. The molecular formula is C10H19NO2. The Hall–Kier alpha value is -0.990. The number of ether oxygens (including phenoxy) is 1. The van der Waals surface area contributed by atoms with Crippen molar-refractivity contribution >= 4 is 6.09 Å². The molecule has 0 aliphatic rings. The van der Waals surface area contributed by atoms with E-state index in [4.69, 9.17) is 4.74 Å². The van der Waals surface area contributed by atoms with Gasteiger partial charge in [-0.05, 0) is 20.3 Å². The average molecular weight is 185 g/mol. The summed E-state index contributed by atoms with van der Waals surface area (Å²) in [6.45, 7) is 9.22. The van der Waals surface area contributed by atoms with Crippen LogP contribution in [0.2, 0.25) is 0 Å². The summed E-state index contributed by atoms with van der Waals surface area (Å²) in [6.07, 6.45) is 2.84. The summed E-state index contributed by atoms with van der Waals surface area (Å²) in [5, 5.41) is 2.72. The Morgan fingerprint density at radius 2 is 2.23 bits per heavy atom. The van der Waals surface area contributed by atoms with Crippen molar-refractivity contribution in [3.63, 3.8) is 0 Å². The van der Waals surface area contributed by atoms with Crippen LogP contribution in [0.4, 0.5) is 4.79 Å². The van der Waals surface area contributed by atoms with Crippen LogP contribution in [0, 0.1) is 0 Å². The molecule has 0 saturated heterocycles. The van der Waals surface area contributed by atoms with Crippen LogP contribution in [0.15, 0.2) is 12.3 Å². The van der Waals surface area contributed by atoms with E-state index in [2.05, 4.69) is 18.8 Å². The van der Waals surface area contributed by atoms with Crippen molar-refractivity contribution in [1.82, 2.24) is 5.32 Å². The Bertz CT molecular complexity index is 178. The lowest BCUT2D eigenvalue weighted by Crippen LogP contribution is -2.32. The molecule has 0 heterocycles. The van der Waals surface area contributed by atoms with Crippen LogP contribution in [0.1, 0.15) is 40.0 Å². The number of alkyl carbamates (subject to hydrolysis) is 1. The third kappa shape index (κ3) is 7.37. The summed E-state index contributed by atoms with van der Waals surface area (Å²) in [5.41, 5.74) is 0. The number of carbonyl (C=O) groups is 1. The third-order valence-corrected chi connectivity index (χ3v) is 1.62. The molecule has 0 radical (unpaired) electrons. The van der Waals surface area contributed by atoms with Gasteiger partial charge in [-0.15, -0.1) is 0 Å². The minimum atomic E-state index is -0.406. The van der Waals surface area contributed by atoms with Gasteiger partial charge in [0.05, 0.1) is 5.76 Å². The predicted molar refractivity (Wildman–Crippen MR) is 53.4 cm³/mol. The zero-order valence-corrected chi connectivity index (χ0v) is 8.72. The molecule has 0 spiro atoms. The van der Waals surface area contributed by atoms with E-state index in [0.29, 0.717) is 5.76 Å². The van der Waals surface area contributed by atoms with Crippen molar-refractivity contribution in [3.05, 3.63) is 12.3 Å². The highest BCUT2D eigenvalue weighted by molar-refractivity contribution is 5.68. The molecule has 0 aromatic carbocycles. The average Bonchev–Trinajstić information content (AvgIpc) is 1.98. The Balaban J connectivity index is 3.59. The smallest absolute Gasteiger partial charge is 0.412 e. The van der Waals surface area contributed by atoms with Crippen molar-refractivity contribution in [3.8, 4) is 0 Å². The molecule has 3 heteroatoms. The highest BCUT2D eigenvalue weighted by Gasteiger charge is 2.07. The first-order valence-corrected chi connectivity index (χ1v) is 4.70. The van der Waals surface area contributed by atoms with E-state index in [9.17, 15) is 4.79 Å². The Morgan fingerprint density at radius 1 is 1.62 bits per heavy atom. The predicted octanol–water partition coefficient (Wildman–Crippen LogP) is 2.82. The van der Waals surface area contributed by atoms with Gasteiger partial charge >= 0.3 is 6.09 Å². The number of amides is 1. The molecule has 3 nitrogen and oxygen atoms in total. The van der Waals surface area contributed by atoms with E-state index in [0.717, 1.165) is 19.3 Å². The molecule has 0 aliphatic heterocycles. The van der Waals surface area contributed by atoms with E-state index in [1.165, 1.54) is 0 Å². The van der Waals surface area contributed by atoms with Crippen molar-refractivity contribution in [1.29, 1.82) is 0 Å². The molecule has 1 amide bonds. The number of hydrogen-bond acceptors (Lipinski definition) is 2.